The van der Waals surface area contributed by atoms with Crippen molar-refractivity contribution in [1.82, 2.24) is 9.71 Å². The minimum Gasteiger partial charge on any atom is -0.326 e. The van der Waals surface area contributed by atoms with Gasteiger partial charge in [0.2, 0.25) is 10.0 Å². The van der Waals surface area contributed by atoms with E-state index in [9.17, 15) is 12.8 Å². The predicted molar refractivity (Wildman–Crippen MR) is 77.3 cm³/mol. The first kappa shape index (κ1) is 15.6. The molecule has 0 amide bonds. The highest BCUT2D eigenvalue weighted by Crippen LogP contribution is 2.16. The summed E-state index contributed by atoms with van der Waals surface area (Å²) in [4.78, 5) is 3.67. The summed E-state index contributed by atoms with van der Waals surface area (Å²) >= 11 is 0. The van der Waals surface area contributed by atoms with Gasteiger partial charge in [-0.25, -0.2) is 17.5 Å². The number of aromatic nitrogens is 1. The van der Waals surface area contributed by atoms with Crippen LogP contribution >= 0.6 is 0 Å². The van der Waals surface area contributed by atoms with Gasteiger partial charge >= 0.3 is 0 Å². The average Bonchev–Trinajstić information content (AvgIpc) is 2.47. The third-order valence-electron chi connectivity index (χ3n) is 2.96. The highest BCUT2D eigenvalue weighted by atomic mass is 32.2. The van der Waals surface area contributed by atoms with Gasteiger partial charge in [-0.2, -0.15) is 0 Å². The van der Waals surface area contributed by atoms with Crippen LogP contribution < -0.4 is 10.5 Å². The van der Waals surface area contributed by atoms with Gasteiger partial charge in [-0.3, -0.25) is 4.98 Å². The zero-order valence-electron chi connectivity index (χ0n) is 11.5. The van der Waals surface area contributed by atoms with Crippen LogP contribution in [0.3, 0.4) is 0 Å². The number of rotatable bonds is 5. The molecule has 0 unspecified atom stereocenters. The summed E-state index contributed by atoms with van der Waals surface area (Å²) in [5, 5.41) is 0. The van der Waals surface area contributed by atoms with Gasteiger partial charge in [0.25, 0.3) is 0 Å². The van der Waals surface area contributed by atoms with E-state index >= 15 is 0 Å². The van der Waals surface area contributed by atoms with Crippen molar-refractivity contribution < 1.29 is 12.8 Å². The van der Waals surface area contributed by atoms with Crippen LogP contribution in [0.15, 0.2) is 41.4 Å². The molecule has 2 aromatic rings. The molecule has 21 heavy (non-hydrogen) atoms. The third kappa shape index (κ3) is 3.84. The monoisotopic (exact) mass is 309 g/mol. The molecule has 0 spiro atoms. The SMILES string of the molecule is Cc1ccc(CNS(=O)(=O)c2cc(CN)ccc2F)cn1. The van der Waals surface area contributed by atoms with E-state index < -0.39 is 20.7 Å². The van der Waals surface area contributed by atoms with Crippen LogP contribution in [0, 0.1) is 12.7 Å². The molecule has 112 valence electrons. The molecule has 0 radical (unpaired) electrons. The fraction of sp³-hybridized carbons (Fsp3) is 0.214. The van der Waals surface area contributed by atoms with Crippen molar-refractivity contribution in [3.8, 4) is 0 Å². The highest BCUT2D eigenvalue weighted by Gasteiger charge is 2.19. The van der Waals surface area contributed by atoms with E-state index in [1.807, 2.05) is 6.92 Å². The lowest BCUT2D eigenvalue weighted by Crippen LogP contribution is -2.24. The summed E-state index contributed by atoms with van der Waals surface area (Å²) in [6.45, 7) is 2.02. The van der Waals surface area contributed by atoms with Crippen molar-refractivity contribution in [3.05, 3.63) is 59.2 Å². The lowest BCUT2D eigenvalue weighted by Gasteiger charge is -2.09. The molecule has 3 N–H and O–H groups in total. The van der Waals surface area contributed by atoms with Gasteiger partial charge in [-0.05, 0) is 36.2 Å². The number of sulfonamides is 1. The molecule has 0 saturated heterocycles. The molecule has 1 aromatic heterocycles. The van der Waals surface area contributed by atoms with Gasteiger partial charge in [0.1, 0.15) is 10.7 Å². The molecule has 1 heterocycles. The molecule has 2 rings (SSSR count). The molecule has 1 aromatic carbocycles. The maximum absolute atomic E-state index is 13.7. The normalized spacial score (nSPS) is 11.6. The molecule has 0 aliphatic rings. The van der Waals surface area contributed by atoms with Crippen LogP contribution in [0.25, 0.3) is 0 Å². The largest absolute Gasteiger partial charge is 0.326 e. The van der Waals surface area contributed by atoms with Crippen LogP contribution in [-0.4, -0.2) is 13.4 Å². The molecule has 0 atom stereocenters. The van der Waals surface area contributed by atoms with Crippen LogP contribution in [0.1, 0.15) is 16.8 Å². The van der Waals surface area contributed by atoms with Crippen molar-refractivity contribution in [2.75, 3.05) is 0 Å². The van der Waals surface area contributed by atoms with Gasteiger partial charge in [0.15, 0.2) is 0 Å². The number of pyridine rings is 1. The quantitative estimate of drug-likeness (QED) is 0.876. The Bertz CT molecular complexity index is 730. The van der Waals surface area contributed by atoms with E-state index in [0.29, 0.717) is 11.1 Å². The number of benzene rings is 1. The summed E-state index contributed by atoms with van der Waals surface area (Å²) in [6, 6.07) is 7.34. The molecule has 0 aliphatic carbocycles. The molecule has 0 aliphatic heterocycles. The van der Waals surface area contributed by atoms with Crippen LogP contribution in [0.5, 0.6) is 0 Å². The van der Waals surface area contributed by atoms with Crippen molar-refractivity contribution in [2.24, 2.45) is 5.73 Å². The first-order valence-corrected chi connectivity index (χ1v) is 7.80. The highest BCUT2D eigenvalue weighted by molar-refractivity contribution is 7.89. The third-order valence-corrected chi connectivity index (χ3v) is 4.38. The minimum atomic E-state index is -3.94. The Balaban J connectivity index is 2.20. The van der Waals surface area contributed by atoms with Crippen molar-refractivity contribution in [1.29, 1.82) is 0 Å². The van der Waals surface area contributed by atoms with Gasteiger partial charge in [0, 0.05) is 25.0 Å². The first-order valence-electron chi connectivity index (χ1n) is 6.32. The smallest absolute Gasteiger partial charge is 0.243 e. The van der Waals surface area contributed by atoms with E-state index in [-0.39, 0.29) is 13.1 Å². The van der Waals surface area contributed by atoms with Gasteiger partial charge in [-0.1, -0.05) is 12.1 Å². The summed E-state index contributed by atoms with van der Waals surface area (Å²) < 4.78 is 40.4. The van der Waals surface area contributed by atoms with Crippen molar-refractivity contribution in [2.45, 2.75) is 24.9 Å². The number of hydrogen-bond acceptors (Lipinski definition) is 4. The zero-order valence-corrected chi connectivity index (χ0v) is 12.3. The van der Waals surface area contributed by atoms with Gasteiger partial charge in [0.05, 0.1) is 0 Å². The number of nitrogens with one attached hydrogen (secondary N) is 1. The van der Waals surface area contributed by atoms with E-state index in [2.05, 4.69) is 9.71 Å². The number of hydrogen-bond donors (Lipinski definition) is 2. The Kier molecular flexibility index (Phi) is 4.66. The minimum absolute atomic E-state index is 0.0436. The van der Waals surface area contributed by atoms with Crippen LogP contribution in [-0.2, 0) is 23.1 Å². The number of nitrogens with zero attached hydrogens (tertiary/aromatic N) is 1. The summed E-state index contributed by atoms with van der Waals surface area (Å²) in [7, 11) is -3.94. The molecule has 0 bridgehead atoms. The predicted octanol–water partition coefficient (Wildman–Crippen LogP) is 1.47. The molecule has 0 saturated carbocycles. The standard InChI is InChI=1S/C14H16FN3O2S/c1-10-2-3-12(8-17-10)9-18-21(19,20)14-6-11(7-16)4-5-13(14)15/h2-6,8,18H,7,9,16H2,1H3. The summed E-state index contributed by atoms with van der Waals surface area (Å²) in [5.74, 6) is -0.804. The van der Waals surface area contributed by atoms with Crippen LogP contribution in [0.4, 0.5) is 4.39 Å². The Morgan fingerprint density at radius 2 is 1.95 bits per heavy atom. The average molecular weight is 309 g/mol. The molecule has 7 heteroatoms. The second-order valence-electron chi connectivity index (χ2n) is 4.60. The molecular weight excluding hydrogens is 293 g/mol. The van der Waals surface area contributed by atoms with Crippen molar-refractivity contribution in [3.63, 3.8) is 0 Å². The fourth-order valence-corrected chi connectivity index (χ4v) is 2.88. The Labute approximate surface area is 123 Å². The van der Waals surface area contributed by atoms with Crippen LogP contribution in [0.2, 0.25) is 0 Å². The summed E-state index contributed by atoms with van der Waals surface area (Å²) in [5.41, 5.74) is 7.53. The van der Waals surface area contributed by atoms with Crippen molar-refractivity contribution >= 4 is 10.0 Å². The lowest BCUT2D eigenvalue weighted by molar-refractivity contribution is 0.556. The van der Waals surface area contributed by atoms with E-state index in [1.54, 1.807) is 18.3 Å². The lowest BCUT2D eigenvalue weighted by atomic mass is 10.2. The molecular formula is C14H16FN3O2S. The second kappa shape index (κ2) is 6.30. The Hall–Kier alpha value is -1.83. The number of nitrogens with two attached hydrogens (primary N) is 1. The van der Waals surface area contributed by atoms with E-state index in [4.69, 9.17) is 5.73 Å². The van der Waals surface area contributed by atoms with E-state index in [1.165, 1.54) is 12.1 Å². The Morgan fingerprint density at radius 1 is 1.24 bits per heavy atom. The first-order chi connectivity index (χ1) is 9.92. The summed E-state index contributed by atoms with van der Waals surface area (Å²) in [6.07, 6.45) is 1.57. The van der Waals surface area contributed by atoms with E-state index in [0.717, 1.165) is 11.8 Å². The van der Waals surface area contributed by atoms with Gasteiger partial charge < -0.3 is 5.73 Å². The fourth-order valence-electron chi connectivity index (χ4n) is 1.74. The number of halogens is 1. The molecule has 5 nitrogen and oxygen atoms in total. The maximum atomic E-state index is 13.7. The maximum Gasteiger partial charge on any atom is 0.243 e. The topological polar surface area (TPSA) is 85.1 Å². The second-order valence-corrected chi connectivity index (χ2v) is 6.34. The van der Waals surface area contributed by atoms with Gasteiger partial charge in [-0.15, -0.1) is 0 Å². The molecule has 0 fully saturated rings. The Morgan fingerprint density at radius 3 is 2.57 bits per heavy atom. The zero-order chi connectivity index (χ0) is 15.5. The number of aryl methyl sites for hydroxylation is 1.